The molecule has 0 radical (unpaired) electrons. The molecule has 1 N–H and O–H groups in total. The maximum atomic E-state index is 10.7. The van der Waals surface area contributed by atoms with E-state index in [9.17, 15) is 4.79 Å². The van der Waals surface area contributed by atoms with Crippen LogP contribution in [0, 0.1) is 0 Å². The molecule has 110 valence electrons. The fourth-order valence-electron chi connectivity index (χ4n) is 2.29. The zero-order valence-corrected chi connectivity index (χ0v) is 11.9. The van der Waals surface area contributed by atoms with Crippen molar-refractivity contribution in [3.05, 3.63) is 71.9 Å². The minimum absolute atomic E-state index is 0.00288. The van der Waals surface area contributed by atoms with Crippen LogP contribution in [0.5, 0.6) is 5.75 Å². The molecule has 0 atom stereocenters. The Kier molecular flexibility index (Phi) is 4.01. The van der Waals surface area contributed by atoms with Crippen molar-refractivity contribution in [1.29, 1.82) is 0 Å². The Balaban J connectivity index is 1.72. The molecule has 0 aliphatic heterocycles. The van der Waals surface area contributed by atoms with Gasteiger partial charge in [-0.3, -0.25) is 9.78 Å². The lowest BCUT2D eigenvalue weighted by molar-refractivity contribution is -0.136. The zero-order valence-electron chi connectivity index (χ0n) is 11.9. The molecular weight excluding hydrogens is 278 g/mol. The van der Waals surface area contributed by atoms with Crippen LogP contribution in [-0.4, -0.2) is 16.1 Å². The Morgan fingerprint density at radius 2 is 1.95 bits per heavy atom. The lowest BCUT2D eigenvalue weighted by Gasteiger charge is -2.08. The van der Waals surface area contributed by atoms with Gasteiger partial charge < -0.3 is 9.84 Å². The third-order valence-corrected chi connectivity index (χ3v) is 3.33. The second-order valence-electron chi connectivity index (χ2n) is 5.04. The molecule has 0 aliphatic carbocycles. The highest BCUT2D eigenvalue weighted by Crippen LogP contribution is 2.18. The molecule has 0 fully saturated rings. The van der Waals surface area contributed by atoms with Gasteiger partial charge in [0.05, 0.1) is 11.9 Å². The lowest BCUT2D eigenvalue weighted by atomic mass is 10.1. The SMILES string of the molecule is O=C(O)Cc1cccc(OCc2ccc3cccnc3c2)c1. The van der Waals surface area contributed by atoms with E-state index in [2.05, 4.69) is 4.98 Å². The topological polar surface area (TPSA) is 59.4 Å². The van der Waals surface area contributed by atoms with Crippen molar-refractivity contribution in [2.45, 2.75) is 13.0 Å². The van der Waals surface area contributed by atoms with Crippen LogP contribution in [0.25, 0.3) is 10.9 Å². The molecule has 0 bridgehead atoms. The number of benzene rings is 2. The first-order chi connectivity index (χ1) is 10.7. The van der Waals surface area contributed by atoms with Crippen molar-refractivity contribution in [3.8, 4) is 5.75 Å². The van der Waals surface area contributed by atoms with E-state index >= 15 is 0 Å². The van der Waals surface area contributed by atoms with Gasteiger partial charge in [0.25, 0.3) is 0 Å². The molecule has 0 unspecified atom stereocenters. The summed E-state index contributed by atoms with van der Waals surface area (Å²) in [6, 6.07) is 17.1. The molecule has 0 amide bonds. The van der Waals surface area contributed by atoms with Crippen molar-refractivity contribution in [2.24, 2.45) is 0 Å². The standard InChI is InChI=1S/C18H15NO3/c20-18(21)11-13-3-1-5-16(9-13)22-12-14-6-7-15-4-2-8-19-17(15)10-14/h1-10H,11-12H2,(H,20,21). The van der Waals surface area contributed by atoms with Gasteiger partial charge in [-0.1, -0.05) is 30.3 Å². The molecule has 2 aromatic carbocycles. The second kappa shape index (κ2) is 6.26. The smallest absolute Gasteiger partial charge is 0.307 e. The number of aromatic nitrogens is 1. The van der Waals surface area contributed by atoms with E-state index in [1.54, 1.807) is 24.4 Å². The van der Waals surface area contributed by atoms with Crippen LogP contribution in [0.4, 0.5) is 0 Å². The third-order valence-electron chi connectivity index (χ3n) is 3.33. The van der Waals surface area contributed by atoms with Crippen LogP contribution in [0.3, 0.4) is 0 Å². The van der Waals surface area contributed by atoms with Crippen LogP contribution in [-0.2, 0) is 17.8 Å². The van der Waals surface area contributed by atoms with Gasteiger partial charge in [0.2, 0.25) is 0 Å². The summed E-state index contributed by atoms with van der Waals surface area (Å²) in [6.07, 6.45) is 1.76. The number of hydrogen-bond acceptors (Lipinski definition) is 3. The van der Waals surface area contributed by atoms with Gasteiger partial charge in [0.15, 0.2) is 0 Å². The summed E-state index contributed by atoms with van der Waals surface area (Å²) in [7, 11) is 0. The molecule has 22 heavy (non-hydrogen) atoms. The number of aliphatic carboxylic acids is 1. The van der Waals surface area contributed by atoms with E-state index < -0.39 is 5.97 Å². The van der Waals surface area contributed by atoms with Crippen LogP contribution in [0.15, 0.2) is 60.8 Å². The Morgan fingerprint density at radius 3 is 2.82 bits per heavy atom. The maximum Gasteiger partial charge on any atom is 0.307 e. The van der Waals surface area contributed by atoms with E-state index in [1.165, 1.54) is 0 Å². The van der Waals surface area contributed by atoms with Gasteiger partial charge in [-0.05, 0) is 35.4 Å². The van der Waals surface area contributed by atoms with E-state index in [4.69, 9.17) is 9.84 Å². The summed E-state index contributed by atoms with van der Waals surface area (Å²) in [5.74, 6) is -0.183. The summed E-state index contributed by atoms with van der Waals surface area (Å²) in [4.78, 5) is 15.1. The fraction of sp³-hybridized carbons (Fsp3) is 0.111. The van der Waals surface area contributed by atoms with Crippen LogP contribution in [0.2, 0.25) is 0 Å². The molecule has 4 heteroatoms. The Hall–Kier alpha value is -2.88. The second-order valence-corrected chi connectivity index (χ2v) is 5.04. The number of carboxylic acids is 1. The number of carbonyl (C=O) groups is 1. The predicted molar refractivity (Wildman–Crippen MR) is 83.9 cm³/mol. The summed E-state index contributed by atoms with van der Waals surface area (Å²) < 4.78 is 5.74. The van der Waals surface area contributed by atoms with Gasteiger partial charge in [0, 0.05) is 11.6 Å². The van der Waals surface area contributed by atoms with Crippen LogP contribution >= 0.6 is 0 Å². The largest absolute Gasteiger partial charge is 0.489 e. The number of rotatable bonds is 5. The Labute approximate surface area is 128 Å². The van der Waals surface area contributed by atoms with Gasteiger partial charge in [-0.15, -0.1) is 0 Å². The highest BCUT2D eigenvalue weighted by Gasteiger charge is 2.03. The van der Waals surface area contributed by atoms with Crippen LogP contribution < -0.4 is 4.74 Å². The molecule has 3 aromatic rings. The lowest BCUT2D eigenvalue weighted by Crippen LogP contribution is -2.01. The first-order valence-corrected chi connectivity index (χ1v) is 6.98. The number of nitrogens with zero attached hydrogens (tertiary/aromatic N) is 1. The highest BCUT2D eigenvalue weighted by atomic mass is 16.5. The predicted octanol–water partition coefficient (Wildman–Crippen LogP) is 3.44. The molecule has 1 aromatic heterocycles. The van der Waals surface area contributed by atoms with E-state index in [0.717, 1.165) is 22.0 Å². The monoisotopic (exact) mass is 293 g/mol. The first kappa shape index (κ1) is 14.1. The van der Waals surface area contributed by atoms with Crippen molar-refractivity contribution < 1.29 is 14.6 Å². The third kappa shape index (κ3) is 3.41. The maximum absolute atomic E-state index is 10.7. The summed E-state index contributed by atoms with van der Waals surface area (Å²) >= 11 is 0. The van der Waals surface area contributed by atoms with Gasteiger partial charge >= 0.3 is 5.97 Å². The van der Waals surface area contributed by atoms with Crippen molar-refractivity contribution >= 4 is 16.9 Å². The van der Waals surface area contributed by atoms with E-state index in [-0.39, 0.29) is 6.42 Å². The van der Waals surface area contributed by atoms with Crippen LogP contribution in [0.1, 0.15) is 11.1 Å². The molecule has 0 saturated heterocycles. The van der Waals surface area contributed by atoms with Crippen molar-refractivity contribution in [3.63, 3.8) is 0 Å². The number of hydrogen-bond donors (Lipinski definition) is 1. The zero-order chi connectivity index (χ0) is 15.4. The quantitative estimate of drug-likeness (QED) is 0.783. The fourth-order valence-corrected chi connectivity index (χ4v) is 2.29. The summed E-state index contributed by atoms with van der Waals surface area (Å²) in [5.41, 5.74) is 2.68. The van der Waals surface area contributed by atoms with Crippen molar-refractivity contribution in [2.75, 3.05) is 0 Å². The minimum Gasteiger partial charge on any atom is -0.489 e. The number of fused-ring (bicyclic) bond motifs is 1. The van der Waals surface area contributed by atoms with E-state index in [0.29, 0.717) is 12.4 Å². The number of ether oxygens (including phenoxy) is 1. The molecular formula is C18H15NO3. The normalized spacial score (nSPS) is 10.5. The molecule has 0 aliphatic rings. The Bertz CT molecular complexity index is 814. The molecule has 0 spiro atoms. The molecule has 0 saturated carbocycles. The number of carboxylic acid groups (broad SMARTS) is 1. The summed E-state index contributed by atoms with van der Waals surface area (Å²) in [5, 5.41) is 9.91. The molecule has 3 rings (SSSR count). The minimum atomic E-state index is -0.849. The van der Waals surface area contributed by atoms with Gasteiger partial charge in [-0.2, -0.15) is 0 Å². The summed E-state index contributed by atoms with van der Waals surface area (Å²) in [6.45, 7) is 0.420. The molecule has 1 heterocycles. The van der Waals surface area contributed by atoms with E-state index in [1.807, 2.05) is 36.4 Å². The first-order valence-electron chi connectivity index (χ1n) is 6.98. The highest BCUT2D eigenvalue weighted by molar-refractivity contribution is 5.78. The molecule has 4 nitrogen and oxygen atoms in total. The average molecular weight is 293 g/mol. The van der Waals surface area contributed by atoms with Gasteiger partial charge in [-0.25, -0.2) is 0 Å². The number of pyridine rings is 1. The Morgan fingerprint density at radius 1 is 1.05 bits per heavy atom. The average Bonchev–Trinajstić information content (AvgIpc) is 2.52. The van der Waals surface area contributed by atoms with Crippen molar-refractivity contribution in [1.82, 2.24) is 4.98 Å². The van der Waals surface area contributed by atoms with Gasteiger partial charge in [0.1, 0.15) is 12.4 Å².